The first-order valence-corrected chi connectivity index (χ1v) is 5.96. The van der Waals surface area contributed by atoms with Crippen LogP contribution in [0.4, 0.5) is 13.2 Å². The number of ether oxygens (including phenoxy) is 1. The van der Waals surface area contributed by atoms with Crippen LogP contribution in [-0.4, -0.2) is 10.9 Å². The summed E-state index contributed by atoms with van der Waals surface area (Å²) in [6.45, 7) is 0. The highest BCUT2D eigenvalue weighted by atomic mass is 35.5. The summed E-state index contributed by atoms with van der Waals surface area (Å²) in [7, 11) is 0. The lowest BCUT2D eigenvalue weighted by atomic mass is 10.2. The van der Waals surface area contributed by atoms with E-state index in [-0.39, 0.29) is 22.2 Å². The number of amides is 1. The minimum Gasteiger partial charge on any atom is -0.437 e. The molecule has 0 aliphatic heterocycles. The molecule has 4 nitrogen and oxygen atoms in total. The van der Waals surface area contributed by atoms with Crippen LogP contribution in [0.1, 0.15) is 15.9 Å². The van der Waals surface area contributed by atoms with Gasteiger partial charge in [-0.2, -0.15) is 13.2 Å². The second kappa shape index (κ2) is 5.61. The van der Waals surface area contributed by atoms with Gasteiger partial charge in [0.15, 0.2) is 0 Å². The van der Waals surface area contributed by atoms with Gasteiger partial charge < -0.3 is 10.5 Å². The van der Waals surface area contributed by atoms with Gasteiger partial charge in [-0.05, 0) is 30.3 Å². The predicted molar refractivity (Wildman–Crippen MR) is 69.3 cm³/mol. The maximum absolute atomic E-state index is 12.5. The van der Waals surface area contributed by atoms with Gasteiger partial charge in [0.25, 0.3) is 5.91 Å². The fraction of sp³-hybridized carbons (Fsp3) is 0.0769. The molecule has 110 valence electrons. The van der Waals surface area contributed by atoms with Gasteiger partial charge in [0.1, 0.15) is 11.3 Å². The topological polar surface area (TPSA) is 65.2 Å². The molecular weight excluding hydrogens is 309 g/mol. The molecule has 0 bridgehead atoms. The number of nitrogens with zero attached hydrogens (tertiary/aromatic N) is 1. The fourth-order valence-electron chi connectivity index (χ4n) is 1.52. The molecule has 0 saturated heterocycles. The van der Waals surface area contributed by atoms with Crippen LogP contribution in [-0.2, 0) is 6.18 Å². The second-order valence-electron chi connectivity index (χ2n) is 3.97. The first-order valence-electron chi connectivity index (χ1n) is 5.58. The van der Waals surface area contributed by atoms with Crippen molar-refractivity contribution in [3.63, 3.8) is 0 Å². The van der Waals surface area contributed by atoms with Crippen LogP contribution >= 0.6 is 11.6 Å². The number of aromatic nitrogens is 1. The largest absolute Gasteiger partial charge is 0.437 e. The molecule has 2 N–H and O–H groups in total. The number of nitrogens with two attached hydrogens (primary N) is 1. The Bertz CT molecular complexity index is 689. The highest BCUT2D eigenvalue weighted by Gasteiger charge is 2.31. The van der Waals surface area contributed by atoms with E-state index in [1.807, 2.05) is 0 Å². The molecule has 0 aliphatic carbocycles. The van der Waals surface area contributed by atoms with E-state index in [9.17, 15) is 18.0 Å². The van der Waals surface area contributed by atoms with Gasteiger partial charge in [-0.1, -0.05) is 11.6 Å². The maximum atomic E-state index is 12.5. The molecule has 1 aromatic carbocycles. The lowest BCUT2D eigenvalue weighted by Gasteiger charge is -2.11. The number of hydrogen-bond donors (Lipinski definition) is 1. The zero-order valence-corrected chi connectivity index (χ0v) is 11.1. The zero-order valence-electron chi connectivity index (χ0n) is 10.3. The lowest BCUT2D eigenvalue weighted by Crippen LogP contribution is -2.12. The molecule has 0 unspecified atom stereocenters. The Balaban J connectivity index is 2.35. The van der Waals surface area contributed by atoms with Crippen molar-refractivity contribution in [2.45, 2.75) is 6.18 Å². The smallest absolute Gasteiger partial charge is 0.416 e. The fourth-order valence-corrected chi connectivity index (χ4v) is 1.74. The Morgan fingerprint density at radius 2 is 2.00 bits per heavy atom. The van der Waals surface area contributed by atoms with Crippen LogP contribution in [0.15, 0.2) is 36.5 Å². The molecule has 0 saturated carbocycles. The standard InChI is InChI=1S/C13H8ClF3N2O2/c14-9-6-7(13(15,16)17)3-4-10(9)21-12-8(11(18)20)2-1-5-19-12/h1-6H,(H2,18,20). The number of hydrogen-bond acceptors (Lipinski definition) is 3. The van der Waals surface area contributed by atoms with Gasteiger partial charge in [0, 0.05) is 6.20 Å². The zero-order chi connectivity index (χ0) is 15.6. The van der Waals surface area contributed by atoms with Gasteiger partial charge in [-0.15, -0.1) is 0 Å². The third kappa shape index (κ3) is 3.43. The highest BCUT2D eigenvalue weighted by molar-refractivity contribution is 6.32. The van der Waals surface area contributed by atoms with Gasteiger partial charge in [0.05, 0.1) is 10.6 Å². The summed E-state index contributed by atoms with van der Waals surface area (Å²) < 4.78 is 42.8. The molecule has 8 heteroatoms. The Morgan fingerprint density at radius 3 is 2.57 bits per heavy atom. The van der Waals surface area contributed by atoms with Gasteiger partial charge in [0.2, 0.25) is 5.88 Å². The summed E-state index contributed by atoms with van der Waals surface area (Å²) in [4.78, 5) is 15.0. The Kier molecular flexibility index (Phi) is 4.04. The Labute approximate surface area is 122 Å². The molecule has 21 heavy (non-hydrogen) atoms. The second-order valence-corrected chi connectivity index (χ2v) is 4.37. The van der Waals surface area contributed by atoms with Crippen molar-refractivity contribution in [1.29, 1.82) is 0 Å². The molecule has 0 atom stereocenters. The SMILES string of the molecule is NC(=O)c1cccnc1Oc1ccc(C(F)(F)F)cc1Cl. The first kappa shape index (κ1) is 15.1. The van der Waals surface area contributed by atoms with E-state index in [0.717, 1.165) is 18.2 Å². The molecule has 2 rings (SSSR count). The summed E-state index contributed by atoms with van der Waals surface area (Å²) in [6, 6.07) is 5.44. The molecule has 2 aromatic rings. The number of carbonyl (C=O) groups is 1. The number of pyridine rings is 1. The predicted octanol–water partition coefficient (Wildman–Crippen LogP) is 3.65. The van der Waals surface area contributed by atoms with Crippen LogP contribution in [0.2, 0.25) is 5.02 Å². The van der Waals surface area contributed by atoms with Gasteiger partial charge in [-0.3, -0.25) is 4.79 Å². The van der Waals surface area contributed by atoms with Gasteiger partial charge >= 0.3 is 6.18 Å². The summed E-state index contributed by atoms with van der Waals surface area (Å²) in [5.41, 5.74) is 4.23. The normalized spacial score (nSPS) is 11.2. The maximum Gasteiger partial charge on any atom is 0.416 e. The van der Waals surface area contributed by atoms with Crippen LogP contribution in [0, 0.1) is 0 Å². The number of alkyl halides is 3. The molecular formula is C13H8ClF3N2O2. The summed E-state index contributed by atoms with van der Waals surface area (Å²) >= 11 is 5.75. The first-order chi connectivity index (χ1) is 9.79. The number of benzene rings is 1. The Morgan fingerprint density at radius 1 is 1.29 bits per heavy atom. The molecule has 0 fully saturated rings. The number of carbonyl (C=O) groups excluding carboxylic acids is 1. The molecule has 0 radical (unpaired) electrons. The molecule has 1 amide bonds. The van der Waals surface area contributed by atoms with Crippen LogP contribution in [0.25, 0.3) is 0 Å². The van der Waals surface area contributed by atoms with Crippen molar-refractivity contribution in [3.05, 3.63) is 52.7 Å². The van der Waals surface area contributed by atoms with E-state index in [1.165, 1.54) is 18.3 Å². The quantitative estimate of drug-likeness (QED) is 0.940. The minimum absolute atomic E-state index is 0.00605. The van der Waals surface area contributed by atoms with Crippen molar-refractivity contribution < 1.29 is 22.7 Å². The third-order valence-corrected chi connectivity index (χ3v) is 2.80. The number of primary amides is 1. The van der Waals surface area contributed by atoms with Crippen LogP contribution < -0.4 is 10.5 Å². The van der Waals surface area contributed by atoms with E-state index in [1.54, 1.807) is 0 Å². The van der Waals surface area contributed by atoms with E-state index in [2.05, 4.69) is 4.98 Å². The Hall–Kier alpha value is -2.28. The average Bonchev–Trinajstić information content (AvgIpc) is 2.40. The van der Waals surface area contributed by atoms with Gasteiger partial charge in [-0.25, -0.2) is 4.98 Å². The molecule has 0 aliphatic rings. The highest BCUT2D eigenvalue weighted by Crippen LogP contribution is 2.36. The van der Waals surface area contributed by atoms with Crippen molar-refractivity contribution >= 4 is 17.5 Å². The summed E-state index contributed by atoms with van der Waals surface area (Å²) in [5, 5.41) is -0.258. The third-order valence-electron chi connectivity index (χ3n) is 2.50. The summed E-state index contributed by atoms with van der Waals surface area (Å²) in [5.74, 6) is -0.973. The van der Waals surface area contributed by atoms with E-state index in [0.29, 0.717) is 0 Å². The summed E-state index contributed by atoms with van der Waals surface area (Å²) in [6.07, 6.45) is -3.16. The van der Waals surface area contributed by atoms with Crippen molar-refractivity contribution in [2.75, 3.05) is 0 Å². The minimum atomic E-state index is -4.51. The van der Waals surface area contributed by atoms with Crippen molar-refractivity contribution in [3.8, 4) is 11.6 Å². The number of halogens is 4. The van der Waals surface area contributed by atoms with E-state index >= 15 is 0 Å². The van der Waals surface area contributed by atoms with Crippen molar-refractivity contribution in [2.24, 2.45) is 5.73 Å². The van der Waals surface area contributed by atoms with Crippen LogP contribution in [0.5, 0.6) is 11.6 Å². The van der Waals surface area contributed by atoms with Crippen molar-refractivity contribution in [1.82, 2.24) is 4.98 Å². The lowest BCUT2D eigenvalue weighted by molar-refractivity contribution is -0.137. The molecule has 1 aromatic heterocycles. The molecule has 0 spiro atoms. The average molecular weight is 317 g/mol. The number of rotatable bonds is 3. The monoisotopic (exact) mass is 316 g/mol. The van der Waals surface area contributed by atoms with E-state index in [4.69, 9.17) is 22.1 Å². The van der Waals surface area contributed by atoms with E-state index < -0.39 is 17.6 Å². The molecule has 1 heterocycles. The van der Waals surface area contributed by atoms with Crippen LogP contribution in [0.3, 0.4) is 0 Å².